The molecule has 0 atom stereocenters. The van der Waals surface area contributed by atoms with Crippen molar-refractivity contribution >= 4 is 23.4 Å². The lowest BCUT2D eigenvalue weighted by Crippen LogP contribution is -2.47. The fourth-order valence-electron chi connectivity index (χ4n) is 3.19. The Balaban J connectivity index is 1.36. The van der Waals surface area contributed by atoms with Gasteiger partial charge in [-0.2, -0.15) is 0 Å². The van der Waals surface area contributed by atoms with Crippen molar-refractivity contribution in [2.75, 3.05) is 50.4 Å². The number of carbonyl (C=O) groups excluding carboxylic acids is 1. The molecule has 1 aliphatic heterocycles. The number of para-hydroxylation sites is 1. The van der Waals surface area contributed by atoms with Crippen LogP contribution in [0.2, 0.25) is 0 Å². The van der Waals surface area contributed by atoms with Crippen molar-refractivity contribution in [2.24, 2.45) is 0 Å². The fourth-order valence-corrected chi connectivity index (χ4v) is 3.74. The molecular weight excluding hydrogens is 344 g/mol. The van der Waals surface area contributed by atoms with Gasteiger partial charge in [0.05, 0.1) is 5.56 Å². The lowest BCUT2D eigenvalue weighted by molar-refractivity contribution is 0.0948. The third-order valence-electron chi connectivity index (χ3n) is 4.64. The van der Waals surface area contributed by atoms with Crippen LogP contribution in [0.15, 0.2) is 53.7 Å². The summed E-state index contributed by atoms with van der Waals surface area (Å²) >= 11 is 1.50. The van der Waals surface area contributed by atoms with Crippen LogP contribution in [0.4, 0.5) is 5.69 Å². The van der Waals surface area contributed by atoms with Gasteiger partial charge in [-0.1, -0.05) is 18.2 Å². The maximum Gasteiger partial charge on any atom is 0.254 e. The highest BCUT2D eigenvalue weighted by Crippen LogP contribution is 2.17. The zero-order chi connectivity index (χ0) is 18.2. The molecule has 0 unspecified atom stereocenters. The lowest BCUT2D eigenvalue weighted by Gasteiger charge is -2.36. The Morgan fingerprint density at radius 2 is 1.88 bits per heavy atom. The highest BCUT2D eigenvalue weighted by molar-refractivity contribution is 7.98. The van der Waals surface area contributed by atoms with E-state index < -0.39 is 0 Å². The van der Waals surface area contributed by atoms with Crippen LogP contribution in [-0.4, -0.2) is 61.3 Å². The number of hydrogen-bond acceptors (Lipinski definition) is 5. The second kappa shape index (κ2) is 9.59. The first-order chi connectivity index (χ1) is 12.8. The summed E-state index contributed by atoms with van der Waals surface area (Å²) in [6, 6.07) is 14.2. The Bertz CT molecular complexity index is 702. The molecule has 0 aliphatic carbocycles. The van der Waals surface area contributed by atoms with E-state index in [0.29, 0.717) is 12.1 Å². The van der Waals surface area contributed by atoms with Crippen molar-refractivity contribution in [2.45, 2.75) is 11.4 Å². The topological polar surface area (TPSA) is 48.5 Å². The number of hydrogen-bond donors (Lipinski definition) is 1. The maximum atomic E-state index is 12.3. The van der Waals surface area contributed by atoms with Gasteiger partial charge in [-0.15, -0.1) is 11.8 Å². The van der Waals surface area contributed by atoms with E-state index in [1.54, 1.807) is 12.3 Å². The average Bonchev–Trinajstić information content (AvgIpc) is 2.72. The Morgan fingerprint density at radius 3 is 2.62 bits per heavy atom. The van der Waals surface area contributed by atoms with Crippen LogP contribution < -0.4 is 10.2 Å². The zero-order valence-electron chi connectivity index (χ0n) is 15.2. The molecule has 1 saturated heterocycles. The lowest BCUT2D eigenvalue weighted by atomic mass is 10.2. The number of anilines is 1. The molecule has 1 aromatic heterocycles. The van der Waals surface area contributed by atoms with Crippen LogP contribution in [0.5, 0.6) is 0 Å². The summed E-state index contributed by atoms with van der Waals surface area (Å²) in [6.07, 6.45) is 4.62. The van der Waals surface area contributed by atoms with Crippen LogP contribution in [-0.2, 0) is 0 Å². The summed E-state index contributed by atoms with van der Waals surface area (Å²) in [5, 5.41) is 3.80. The number of amides is 1. The van der Waals surface area contributed by atoms with E-state index in [0.717, 1.165) is 44.2 Å². The van der Waals surface area contributed by atoms with E-state index in [2.05, 4.69) is 50.4 Å². The summed E-state index contributed by atoms with van der Waals surface area (Å²) in [4.78, 5) is 21.4. The number of carbonyl (C=O) groups is 1. The van der Waals surface area contributed by atoms with E-state index in [1.807, 2.05) is 12.3 Å². The minimum atomic E-state index is -0.0312. The maximum absolute atomic E-state index is 12.3. The van der Waals surface area contributed by atoms with Crippen LogP contribution in [0.25, 0.3) is 0 Å². The third kappa shape index (κ3) is 4.99. The normalized spacial score (nSPS) is 15.0. The van der Waals surface area contributed by atoms with E-state index in [1.165, 1.54) is 17.4 Å². The molecule has 2 aromatic rings. The van der Waals surface area contributed by atoms with E-state index >= 15 is 0 Å². The van der Waals surface area contributed by atoms with E-state index in [9.17, 15) is 4.79 Å². The first kappa shape index (κ1) is 18.7. The van der Waals surface area contributed by atoms with Crippen molar-refractivity contribution in [1.82, 2.24) is 15.2 Å². The quantitative estimate of drug-likeness (QED) is 0.600. The molecule has 3 rings (SSSR count). The van der Waals surface area contributed by atoms with Gasteiger partial charge in [0.2, 0.25) is 0 Å². The molecule has 1 amide bonds. The molecule has 1 aliphatic rings. The Labute approximate surface area is 159 Å². The van der Waals surface area contributed by atoms with Gasteiger partial charge in [0.1, 0.15) is 5.03 Å². The van der Waals surface area contributed by atoms with E-state index in [4.69, 9.17) is 0 Å². The largest absolute Gasteiger partial charge is 0.369 e. The van der Waals surface area contributed by atoms with Gasteiger partial charge in [-0.05, 0) is 43.5 Å². The van der Waals surface area contributed by atoms with Gasteiger partial charge >= 0.3 is 0 Å². The third-order valence-corrected chi connectivity index (χ3v) is 5.35. The number of rotatable bonds is 7. The number of pyridine rings is 1. The molecule has 0 spiro atoms. The summed E-state index contributed by atoms with van der Waals surface area (Å²) in [6.45, 7) is 5.97. The summed E-state index contributed by atoms with van der Waals surface area (Å²) in [5.74, 6) is -0.0312. The minimum absolute atomic E-state index is 0.0312. The molecule has 6 heteroatoms. The van der Waals surface area contributed by atoms with Gasteiger partial charge in [0, 0.05) is 44.6 Å². The Hall–Kier alpha value is -2.05. The van der Waals surface area contributed by atoms with Gasteiger partial charge in [0.15, 0.2) is 0 Å². The Morgan fingerprint density at radius 1 is 1.12 bits per heavy atom. The second-order valence-corrected chi connectivity index (χ2v) is 7.13. The summed E-state index contributed by atoms with van der Waals surface area (Å²) in [7, 11) is 0. The first-order valence-corrected chi connectivity index (χ1v) is 10.3. The highest BCUT2D eigenvalue weighted by atomic mass is 32.2. The van der Waals surface area contributed by atoms with Gasteiger partial charge in [0.25, 0.3) is 5.91 Å². The number of piperazine rings is 1. The van der Waals surface area contributed by atoms with Crippen molar-refractivity contribution in [3.05, 3.63) is 54.2 Å². The molecule has 138 valence electrons. The summed E-state index contributed by atoms with van der Waals surface area (Å²) < 4.78 is 0. The van der Waals surface area contributed by atoms with Crippen LogP contribution in [0.1, 0.15) is 16.8 Å². The number of thioether (sulfide) groups is 1. The molecule has 0 radical (unpaired) electrons. The van der Waals surface area contributed by atoms with Gasteiger partial charge in [-0.3, -0.25) is 9.69 Å². The van der Waals surface area contributed by atoms with Crippen molar-refractivity contribution in [3.63, 3.8) is 0 Å². The molecule has 5 nitrogen and oxygen atoms in total. The molecule has 0 saturated carbocycles. The predicted octanol–water partition coefficient (Wildman–Crippen LogP) is 2.75. The monoisotopic (exact) mass is 370 g/mol. The predicted molar refractivity (Wildman–Crippen MR) is 108 cm³/mol. The van der Waals surface area contributed by atoms with Crippen molar-refractivity contribution < 1.29 is 4.79 Å². The van der Waals surface area contributed by atoms with Crippen LogP contribution in [0, 0.1) is 0 Å². The minimum Gasteiger partial charge on any atom is -0.369 e. The summed E-state index contributed by atoms with van der Waals surface area (Å²) in [5.41, 5.74) is 1.97. The van der Waals surface area contributed by atoms with Crippen LogP contribution >= 0.6 is 11.8 Å². The fraction of sp³-hybridized carbons (Fsp3) is 0.400. The molecule has 1 aromatic carbocycles. The number of aromatic nitrogens is 1. The Kier molecular flexibility index (Phi) is 6.91. The van der Waals surface area contributed by atoms with E-state index in [-0.39, 0.29) is 5.91 Å². The smallest absolute Gasteiger partial charge is 0.254 e. The molecule has 26 heavy (non-hydrogen) atoms. The molecule has 1 N–H and O–H groups in total. The van der Waals surface area contributed by atoms with Gasteiger partial charge in [-0.25, -0.2) is 4.98 Å². The second-order valence-electron chi connectivity index (χ2n) is 6.33. The van der Waals surface area contributed by atoms with Crippen LogP contribution in [0.3, 0.4) is 0 Å². The first-order valence-electron chi connectivity index (χ1n) is 9.07. The molecule has 1 fully saturated rings. The van der Waals surface area contributed by atoms with Crippen molar-refractivity contribution in [1.29, 1.82) is 0 Å². The SMILES string of the molecule is CSc1ncccc1C(=O)NCCCN1CCN(c2ccccc2)CC1. The standard InChI is InChI=1S/C20H26N4OS/c1-26-20-18(9-5-10-22-20)19(25)21-11-6-12-23-13-15-24(16-14-23)17-7-3-2-4-8-17/h2-5,7-10H,6,11-16H2,1H3,(H,21,25). The van der Waals surface area contributed by atoms with Crippen molar-refractivity contribution in [3.8, 4) is 0 Å². The number of benzene rings is 1. The number of nitrogens with one attached hydrogen (secondary N) is 1. The highest BCUT2D eigenvalue weighted by Gasteiger charge is 2.17. The zero-order valence-corrected chi connectivity index (χ0v) is 16.0. The number of nitrogens with zero attached hydrogens (tertiary/aromatic N) is 3. The van der Waals surface area contributed by atoms with Gasteiger partial charge < -0.3 is 10.2 Å². The average molecular weight is 371 g/mol. The molecule has 2 heterocycles. The molecule has 0 bridgehead atoms. The molecular formula is C20H26N4OS.